The first-order chi connectivity index (χ1) is 8.19. The van der Waals surface area contributed by atoms with Gasteiger partial charge in [-0.05, 0) is 33.1 Å². The minimum absolute atomic E-state index is 0.0768. The van der Waals surface area contributed by atoms with Gasteiger partial charge in [0.2, 0.25) is 0 Å². The molecular weight excluding hydrogens is 224 g/mol. The molecule has 1 unspecified atom stereocenters. The summed E-state index contributed by atoms with van der Waals surface area (Å²) in [6.07, 6.45) is 1.93. The zero-order valence-corrected chi connectivity index (χ0v) is 12.6. The molecule has 18 heavy (non-hydrogen) atoms. The van der Waals surface area contributed by atoms with Crippen LogP contribution < -0.4 is 10.6 Å². The molecule has 0 spiro atoms. The third-order valence-corrected chi connectivity index (χ3v) is 2.99. The molecule has 0 fully saturated rings. The number of allylic oxidation sites excluding steroid dienone is 2. The van der Waals surface area contributed by atoms with Crippen molar-refractivity contribution in [3.63, 3.8) is 0 Å². The Labute approximate surface area is 111 Å². The molecule has 0 amide bonds. The van der Waals surface area contributed by atoms with Crippen LogP contribution in [-0.4, -0.2) is 30.6 Å². The summed E-state index contributed by atoms with van der Waals surface area (Å²) in [6, 6.07) is 0.120. The topological polar surface area (TPSA) is 71.8 Å². The normalized spacial score (nSPS) is 14.2. The third kappa shape index (κ3) is 6.55. The highest BCUT2D eigenvalue weighted by Gasteiger charge is 2.19. The van der Waals surface area contributed by atoms with Crippen molar-refractivity contribution < 1.29 is 0 Å². The number of nitrogens with one attached hydrogen (secondary N) is 4. The second kappa shape index (κ2) is 7.31. The van der Waals surface area contributed by atoms with E-state index >= 15 is 0 Å². The van der Waals surface area contributed by atoms with Crippen molar-refractivity contribution in [3.05, 3.63) is 11.8 Å². The number of rotatable bonds is 8. The molecule has 0 bridgehead atoms. The Morgan fingerprint density at radius 1 is 1.22 bits per heavy atom. The molecular formula is C14H28N4. The predicted octanol–water partition coefficient (Wildman–Crippen LogP) is 2.56. The lowest BCUT2D eigenvalue weighted by atomic mass is 9.92. The first kappa shape index (κ1) is 16.8. The van der Waals surface area contributed by atoms with Gasteiger partial charge in [-0.3, -0.25) is 0 Å². The van der Waals surface area contributed by atoms with Crippen LogP contribution in [0.3, 0.4) is 0 Å². The van der Waals surface area contributed by atoms with Gasteiger partial charge in [-0.2, -0.15) is 0 Å². The van der Waals surface area contributed by atoms with E-state index in [1.54, 1.807) is 6.92 Å². The molecule has 0 heterocycles. The lowest BCUT2D eigenvalue weighted by molar-refractivity contribution is 0.329. The van der Waals surface area contributed by atoms with E-state index in [1.165, 1.54) is 0 Å². The quantitative estimate of drug-likeness (QED) is 0.501. The minimum atomic E-state index is 0.0768. The standard InChI is InChI=1S/C14H28N4/c1-7-13(11(3)16)18-9-14(5,6)8-17-12(4)10(2)15/h7,12,15-18H,8-9H2,1-6H3/b13-7-,15-10?,16-11?. The van der Waals surface area contributed by atoms with Crippen molar-refractivity contribution in [1.29, 1.82) is 10.8 Å². The lowest BCUT2D eigenvalue weighted by Crippen LogP contribution is -2.43. The van der Waals surface area contributed by atoms with Crippen LogP contribution in [0.15, 0.2) is 11.8 Å². The average Bonchev–Trinajstić information content (AvgIpc) is 2.26. The molecule has 0 aromatic heterocycles. The maximum atomic E-state index is 7.61. The highest BCUT2D eigenvalue weighted by molar-refractivity contribution is 5.94. The van der Waals surface area contributed by atoms with Gasteiger partial charge in [-0.15, -0.1) is 0 Å². The van der Waals surface area contributed by atoms with Crippen LogP contribution in [0, 0.1) is 16.2 Å². The van der Waals surface area contributed by atoms with E-state index in [9.17, 15) is 0 Å². The molecule has 0 aliphatic heterocycles. The number of hydrogen-bond acceptors (Lipinski definition) is 4. The fourth-order valence-corrected chi connectivity index (χ4v) is 1.43. The summed E-state index contributed by atoms with van der Waals surface area (Å²) in [5.41, 5.74) is 2.18. The van der Waals surface area contributed by atoms with Crippen molar-refractivity contribution in [2.45, 2.75) is 47.6 Å². The Hall–Kier alpha value is -1.16. The maximum absolute atomic E-state index is 7.61. The molecule has 0 aromatic rings. The summed E-state index contributed by atoms with van der Waals surface area (Å²) in [6.45, 7) is 13.5. The lowest BCUT2D eigenvalue weighted by Gasteiger charge is -2.28. The van der Waals surface area contributed by atoms with Gasteiger partial charge in [0.05, 0.1) is 11.4 Å². The Kier molecular flexibility index (Phi) is 6.84. The fourth-order valence-electron chi connectivity index (χ4n) is 1.43. The average molecular weight is 252 g/mol. The summed E-state index contributed by atoms with van der Waals surface area (Å²) in [7, 11) is 0. The Morgan fingerprint density at radius 3 is 2.17 bits per heavy atom. The Balaban J connectivity index is 4.23. The van der Waals surface area contributed by atoms with Gasteiger partial charge in [0.15, 0.2) is 0 Å². The molecule has 0 rings (SSSR count). The first-order valence-corrected chi connectivity index (χ1v) is 6.43. The molecule has 0 saturated carbocycles. The van der Waals surface area contributed by atoms with Crippen LogP contribution >= 0.6 is 0 Å². The summed E-state index contributed by atoms with van der Waals surface area (Å²) >= 11 is 0. The Bertz CT molecular complexity index is 329. The highest BCUT2D eigenvalue weighted by atomic mass is 15.0. The van der Waals surface area contributed by atoms with Crippen LogP contribution in [-0.2, 0) is 0 Å². The second-order valence-electron chi connectivity index (χ2n) is 5.63. The van der Waals surface area contributed by atoms with Crippen LogP contribution in [0.25, 0.3) is 0 Å². The van der Waals surface area contributed by atoms with Crippen molar-refractivity contribution in [1.82, 2.24) is 10.6 Å². The molecule has 4 N–H and O–H groups in total. The van der Waals surface area contributed by atoms with Crippen LogP contribution in [0.2, 0.25) is 0 Å². The molecule has 0 aliphatic rings. The van der Waals surface area contributed by atoms with Gasteiger partial charge in [-0.1, -0.05) is 19.9 Å². The monoisotopic (exact) mass is 252 g/mol. The van der Waals surface area contributed by atoms with Crippen LogP contribution in [0.1, 0.15) is 41.5 Å². The summed E-state index contributed by atoms with van der Waals surface area (Å²) in [5, 5.41) is 21.8. The van der Waals surface area contributed by atoms with E-state index < -0.39 is 0 Å². The van der Waals surface area contributed by atoms with Gasteiger partial charge >= 0.3 is 0 Å². The van der Waals surface area contributed by atoms with E-state index in [-0.39, 0.29) is 11.5 Å². The van der Waals surface area contributed by atoms with Gasteiger partial charge < -0.3 is 21.5 Å². The molecule has 0 aliphatic carbocycles. The molecule has 1 atom stereocenters. The van der Waals surface area contributed by atoms with Crippen molar-refractivity contribution in [3.8, 4) is 0 Å². The zero-order valence-electron chi connectivity index (χ0n) is 12.6. The van der Waals surface area contributed by atoms with Crippen molar-refractivity contribution in [2.75, 3.05) is 13.1 Å². The highest BCUT2D eigenvalue weighted by Crippen LogP contribution is 2.13. The molecule has 0 radical (unpaired) electrons. The second-order valence-corrected chi connectivity index (χ2v) is 5.63. The number of hydrogen-bond donors (Lipinski definition) is 4. The maximum Gasteiger partial charge on any atom is 0.0510 e. The predicted molar refractivity (Wildman–Crippen MR) is 79.8 cm³/mol. The van der Waals surface area contributed by atoms with E-state index in [0.717, 1.165) is 18.8 Å². The van der Waals surface area contributed by atoms with Gasteiger partial charge in [0, 0.05) is 24.8 Å². The SMILES string of the molecule is C/C=C(\NCC(C)(C)CNC(C)C(C)=N)C(C)=N. The molecule has 104 valence electrons. The van der Waals surface area contributed by atoms with Crippen LogP contribution in [0.4, 0.5) is 0 Å². The smallest absolute Gasteiger partial charge is 0.0510 e. The first-order valence-electron chi connectivity index (χ1n) is 6.43. The van der Waals surface area contributed by atoms with E-state index in [2.05, 4.69) is 24.5 Å². The van der Waals surface area contributed by atoms with Crippen molar-refractivity contribution in [2.24, 2.45) is 5.41 Å². The van der Waals surface area contributed by atoms with Gasteiger partial charge in [0.1, 0.15) is 0 Å². The minimum Gasteiger partial charge on any atom is -0.383 e. The van der Waals surface area contributed by atoms with Gasteiger partial charge in [-0.25, -0.2) is 0 Å². The fraction of sp³-hybridized carbons (Fsp3) is 0.714. The molecule has 0 saturated heterocycles. The van der Waals surface area contributed by atoms with E-state index in [1.807, 2.05) is 26.8 Å². The van der Waals surface area contributed by atoms with E-state index in [0.29, 0.717) is 11.4 Å². The molecule has 0 aromatic carbocycles. The molecule has 4 nitrogen and oxygen atoms in total. The summed E-state index contributed by atoms with van der Waals surface area (Å²) in [5.74, 6) is 0. The van der Waals surface area contributed by atoms with Crippen molar-refractivity contribution >= 4 is 11.4 Å². The van der Waals surface area contributed by atoms with Crippen LogP contribution in [0.5, 0.6) is 0 Å². The third-order valence-electron chi connectivity index (χ3n) is 2.99. The Morgan fingerprint density at radius 2 is 1.78 bits per heavy atom. The van der Waals surface area contributed by atoms with Gasteiger partial charge in [0.25, 0.3) is 0 Å². The largest absolute Gasteiger partial charge is 0.383 e. The summed E-state index contributed by atoms with van der Waals surface area (Å²) < 4.78 is 0. The van der Waals surface area contributed by atoms with E-state index in [4.69, 9.17) is 10.8 Å². The molecule has 4 heteroatoms. The summed E-state index contributed by atoms with van der Waals surface area (Å²) in [4.78, 5) is 0. The zero-order chi connectivity index (χ0) is 14.3.